The Kier molecular flexibility index (Phi) is 19.4. The first-order chi connectivity index (χ1) is 17.1. The highest BCUT2D eigenvalue weighted by Gasteiger charge is 2.45. The minimum atomic E-state index is -1.18. The molecule has 0 heterocycles. The predicted molar refractivity (Wildman–Crippen MR) is 154 cm³/mol. The SMILES string of the molecule is CC.CCSC(C)(C)CC(C)(C(C)=O)C(=O)N(C)C(COCCC(=O)C(C)C)COCCC(=O)C(C)C. The van der Waals surface area contributed by atoms with Crippen LogP contribution in [0, 0.1) is 17.3 Å². The van der Waals surface area contributed by atoms with Gasteiger partial charge in [0.15, 0.2) is 0 Å². The lowest BCUT2D eigenvalue weighted by atomic mass is 9.77. The maximum absolute atomic E-state index is 13.7. The van der Waals surface area contributed by atoms with Gasteiger partial charge in [-0.3, -0.25) is 19.2 Å². The van der Waals surface area contributed by atoms with Crippen molar-refractivity contribution in [3.63, 3.8) is 0 Å². The third-order valence-electron chi connectivity index (χ3n) is 6.33. The van der Waals surface area contributed by atoms with Crippen LogP contribution in [0.2, 0.25) is 0 Å². The van der Waals surface area contributed by atoms with E-state index >= 15 is 0 Å². The van der Waals surface area contributed by atoms with Crippen LogP contribution in [0.5, 0.6) is 0 Å². The van der Waals surface area contributed by atoms with E-state index < -0.39 is 11.5 Å². The number of thioether (sulfide) groups is 1. The van der Waals surface area contributed by atoms with Crippen LogP contribution in [0.3, 0.4) is 0 Å². The molecule has 0 aromatic rings. The standard InChI is InChI=1S/C27H49NO6S.C2H6/c1-11-35-26(7,8)18-27(9,21(6)29)25(32)28(10)22(16-33-14-12-23(30)19(2)3)17-34-15-13-24(31)20(4)5;1-2/h19-20,22H,11-18H2,1-10H3;1-2H3. The quantitative estimate of drug-likeness (QED) is 0.154. The molecular formula is C29H55NO6S. The second-order valence-corrected chi connectivity index (χ2v) is 12.7. The van der Waals surface area contributed by atoms with Gasteiger partial charge in [-0.25, -0.2) is 0 Å². The molecule has 218 valence electrons. The van der Waals surface area contributed by atoms with Crippen molar-refractivity contribution in [1.82, 2.24) is 4.90 Å². The number of carbonyl (C=O) groups is 4. The summed E-state index contributed by atoms with van der Waals surface area (Å²) in [6.45, 7) is 21.6. The molecule has 0 aliphatic heterocycles. The van der Waals surface area contributed by atoms with Gasteiger partial charge >= 0.3 is 0 Å². The Balaban J connectivity index is 0. The van der Waals surface area contributed by atoms with Crippen molar-refractivity contribution in [3.05, 3.63) is 0 Å². The van der Waals surface area contributed by atoms with Crippen molar-refractivity contribution in [2.75, 3.05) is 39.2 Å². The Morgan fingerprint density at radius 1 is 0.838 bits per heavy atom. The lowest BCUT2D eigenvalue weighted by molar-refractivity contribution is -0.152. The molecule has 0 aromatic carbocycles. The van der Waals surface area contributed by atoms with Gasteiger partial charge in [0.05, 0.1) is 32.5 Å². The summed E-state index contributed by atoms with van der Waals surface area (Å²) in [5.41, 5.74) is -1.18. The minimum absolute atomic E-state index is 0.0545. The lowest BCUT2D eigenvalue weighted by Crippen LogP contribution is -2.53. The van der Waals surface area contributed by atoms with Crippen LogP contribution in [0.15, 0.2) is 0 Å². The first kappa shape index (κ1) is 37.9. The summed E-state index contributed by atoms with van der Waals surface area (Å²) in [7, 11) is 1.67. The molecule has 0 aliphatic carbocycles. The predicted octanol–water partition coefficient (Wildman–Crippen LogP) is 5.62. The number of carbonyl (C=O) groups excluding carboxylic acids is 4. The number of hydrogen-bond donors (Lipinski definition) is 0. The number of Topliss-reactive ketones (excluding diaryl/α,β-unsaturated/α-hetero) is 3. The van der Waals surface area contributed by atoms with E-state index in [9.17, 15) is 19.2 Å². The maximum atomic E-state index is 13.7. The second kappa shape index (κ2) is 18.9. The number of nitrogens with zero attached hydrogens (tertiary/aromatic N) is 1. The zero-order valence-corrected chi connectivity index (χ0v) is 26.5. The van der Waals surface area contributed by atoms with Gasteiger partial charge in [-0.1, -0.05) is 62.3 Å². The highest BCUT2D eigenvalue weighted by molar-refractivity contribution is 8.00. The Morgan fingerprint density at radius 2 is 1.24 bits per heavy atom. The largest absolute Gasteiger partial charge is 0.379 e. The van der Waals surface area contributed by atoms with Crippen LogP contribution in [-0.2, 0) is 28.7 Å². The molecule has 0 radical (unpaired) electrons. The zero-order chi connectivity index (χ0) is 29.4. The van der Waals surface area contributed by atoms with Crippen LogP contribution in [0.4, 0.5) is 0 Å². The average Bonchev–Trinajstić information content (AvgIpc) is 2.82. The second-order valence-electron chi connectivity index (χ2n) is 10.7. The molecule has 0 saturated heterocycles. The van der Waals surface area contributed by atoms with E-state index in [2.05, 4.69) is 20.8 Å². The number of ether oxygens (including phenoxy) is 2. The normalized spacial score (nSPS) is 13.3. The lowest BCUT2D eigenvalue weighted by Gasteiger charge is -2.39. The van der Waals surface area contributed by atoms with E-state index in [1.165, 1.54) is 6.92 Å². The van der Waals surface area contributed by atoms with Crippen LogP contribution in [-0.4, -0.2) is 78.2 Å². The summed E-state index contributed by atoms with van der Waals surface area (Å²) < 4.78 is 11.3. The Hall–Kier alpha value is -1.25. The van der Waals surface area contributed by atoms with Gasteiger partial charge in [0.25, 0.3) is 0 Å². The summed E-state index contributed by atoms with van der Waals surface area (Å²) in [5.74, 6) is 0.568. The molecule has 8 heteroatoms. The number of amides is 1. The molecule has 0 spiro atoms. The van der Waals surface area contributed by atoms with E-state index in [0.717, 1.165) is 5.75 Å². The van der Waals surface area contributed by atoms with Crippen molar-refractivity contribution < 1.29 is 28.7 Å². The molecule has 1 atom stereocenters. The first-order valence-corrected chi connectivity index (χ1v) is 14.7. The number of rotatable bonds is 19. The minimum Gasteiger partial charge on any atom is -0.379 e. The van der Waals surface area contributed by atoms with Crippen LogP contribution in [0.25, 0.3) is 0 Å². The van der Waals surface area contributed by atoms with E-state index in [4.69, 9.17) is 9.47 Å². The molecule has 37 heavy (non-hydrogen) atoms. The number of ketones is 3. The van der Waals surface area contributed by atoms with Crippen molar-refractivity contribution >= 4 is 35.0 Å². The van der Waals surface area contributed by atoms with E-state index in [0.29, 0.717) is 19.3 Å². The smallest absolute Gasteiger partial charge is 0.236 e. The molecule has 7 nitrogen and oxygen atoms in total. The van der Waals surface area contributed by atoms with Gasteiger partial charge in [0, 0.05) is 36.5 Å². The topological polar surface area (TPSA) is 90.0 Å². The Bertz CT molecular complexity index is 679. The van der Waals surface area contributed by atoms with Crippen molar-refractivity contribution in [2.24, 2.45) is 17.3 Å². The average molecular weight is 546 g/mol. The third kappa shape index (κ3) is 14.5. The number of likely N-dealkylation sites (N-methyl/N-ethyl adjacent to an activating group) is 1. The van der Waals surface area contributed by atoms with Crippen molar-refractivity contribution in [3.8, 4) is 0 Å². The van der Waals surface area contributed by atoms with Crippen molar-refractivity contribution in [1.29, 1.82) is 0 Å². The summed E-state index contributed by atoms with van der Waals surface area (Å²) in [6, 6.07) is -0.452. The van der Waals surface area contributed by atoms with E-state index in [1.807, 2.05) is 41.5 Å². The van der Waals surface area contributed by atoms with Crippen LogP contribution in [0.1, 0.15) is 95.4 Å². The fourth-order valence-electron chi connectivity index (χ4n) is 3.83. The molecule has 0 saturated carbocycles. The molecule has 0 bridgehead atoms. The zero-order valence-electron chi connectivity index (χ0n) is 25.7. The molecule has 1 amide bonds. The first-order valence-electron chi connectivity index (χ1n) is 13.7. The van der Waals surface area contributed by atoms with Gasteiger partial charge in [-0.15, -0.1) is 0 Å². The van der Waals surface area contributed by atoms with Crippen molar-refractivity contribution in [2.45, 2.75) is 106 Å². The third-order valence-corrected chi connectivity index (χ3v) is 7.54. The van der Waals surface area contributed by atoms with E-state index in [-0.39, 0.29) is 66.3 Å². The Morgan fingerprint density at radius 3 is 1.57 bits per heavy atom. The van der Waals surface area contributed by atoms with Crippen LogP contribution < -0.4 is 0 Å². The van der Waals surface area contributed by atoms with E-state index in [1.54, 1.807) is 30.6 Å². The van der Waals surface area contributed by atoms with Gasteiger partial charge in [0.2, 0.25) is 5.91 Å². The summed E-state index contributed by atoms with van der Waals surface area (Å²) in [6.07, 6.45) is 1.02. The van der Waals surface area contributed by atoms with Gasteiger partial charge < -0.3 is 14.4 Å². The molecular weight excluding hydrogens is 490 g/mol. The Labute approximate surface area is 231 Å². The molecule has 0 fully saturated rings. The molecule has 1 unspecified atom stereocenters. The highest BCUT2D eigenvalue weighted by atomic mass is 32.2. The fraction of sp³-hybridized carbons (Fsp3) is 0.862. The highest BCUT2D eigenvalue weighted by Crippen LogP contribution is 2.39. The summed E-state index contributed by atoms with van der Waals surface area (Å²) >= 11 is 1.72. The molecule has 0 rings (SSSR count). The van der Waals surface area contributed by atoms with Gasteiger partial charge in [0.1, 0.15) is 22.8 Å². The maximum Gasteiger partial charge on any atom is 0.236 e. The molecule has 0 aliphatic rings. The summed E-state index contributed by atoms with van der Waals surface area (Å²) in [5, 5.41) is 0. The van der Waals surface area contributed by atoms with Gasteiger partial charge in [-0.05, 0) is 26.0 Å². The van der Waals surface area contributed by atoms with Crippen LogP contribution >= 0.6 is 11.8 Å². The molecule has 0 N–H and O–H groups in total. The summed E-state index contributed by atoms with van der Waals surface area (Å²) in [4.78, 5) is 51.8. The number of hydrogen-bond acceptors (Lipinski definition) is 7. The molecule has 0 aromatic heterocycles. The van der Waals surface area contributed by atoms with Gasteiger partial charge in [-0.2, -0.15) is 11.8 Å². The monoisotopic (exact) mass is 545 g/mol. The fourth-order valence-corrected chi connectivity index (χ4v) is 5.00.